The van der Waals surface area contributed by atoms with E-state index in [1.54, 1.807) is 6.07 Å². The average Bonchev–Trinajstić information content (AvgIpc) is 2.42. The van der Waals surface area contributed by atoms with Gasteiger partial charge in [-0.25, -0.2) is 8.42 Å². The molecule has 2 rings (SSSR count). The maximum absolute atomic E-state index is 12.4. The van der Waals surface area contributed by atoms with Gasteiger partial charge in [-0.1, -0.05) is 6.92 Å². The summed E-state index contributed by atoms with van der Waals surface area (Å²) in [5, 5.41) is 9.93. The highest BCUT2D eigenvalue weighted by atomic mass is 32.2. The van der Waals surface area contributed by atoms with Crippen LogP contribution >= 0.6 is 0 Å². The number of benzene rings is 1. The number of ether oxygens (including phenoxy) is 2. The van der Waals surface area contributed by atoms with Crippen molar-refractivity contribution in [2.45, 2.75) is 23.8 Å². The van der Waals surface area contributed by atoms with E-state index in [0.29, 0.717) is 17.9 Å². The number of hydrogen-bond acceptors (Lipinski definition) is 5. The molecule has 1 N–H and O–H groups in total. The van der Waals surface area contributed by atoms with Gasteiger partial charge < -0.3 is 14.6 Å². The summed E-state index contributed by atoms with van der Waals surface area (Å²) in [6, 6.07) is 4.45. The molecule has 6 nitrogen and oxygen atoms in total. The van der Waals surface area contributed by atoms with Crippen molar-refractivity contribution in [3.8, 4) is 11.5 Å². The Hall–Kier alpha value is -1.31. The van der Waals surface area contributed by atoms with Gasteiger partial charge in [0.2, 0.25) is 10.0 Å². The van der Waals surface area contributed by atoms with Crippen LogP contribution in [0.15, 0.2) is 23.1 Å². The molecule has 1 aliphatic heterocycles. The summed E-state index contributed by atoms with van der Waals surface area (Å²) >= 11 is 0. The Morgan fingerprint density at radius 2 is 1.85 bits per heavy atom. The Balaban J connectivity index is 2.27. The van der Waals surface area contributed by atoms with Crippen molar-refractivity contribution in [1.29, 1.82) is 0 Å². The van der Waals surface area contributed by atoms with Crippen LogP contribution in [0.5, 0.6) is 11.5 Å². The van der Waals surface area contributed by atoms with Crippen molar-refractivity contribution in [3.05, 3.63) is 18.2 Å². The van der Waals surface area contributed by atoms with Gasteiger partial charge in [0.25, 0.3) is 0 Å². The van der Waals surface area contributed by atoms with E-state index in [2.05, 4.69) is 0 Å². The molecule has 0 radical (unpaired) electrons. The van der Waals surface area contributed by atoms with Crippen LogP contribution in [0.25, 0.3) is 0 Å². The zero-order chi connectivity index (χ0) is 15.0. The first kappa shape index (κ1) is 15.1. The van der Waals surface area contributed by atoms with E-state index in [4.69, 9.17) is 9.47 Å². The standard InChI is InChI=1S/C13H19NO5S/c1-4-13(15)8-14(9-13)20(16,17)10-5-6-11(18-2)12(7-10)19-3/h5-7,15H,4,8-9H2,1-3H3. The summed E-state index contributed by atoms with van der Waals surface area (Å²) in [5.41, 5.74) is -0.899. The van der Waals surface area contributed by atoms with Crippen LogP contribution < -0.4 is 9.47 Å². The molecule has 0 unspecified atom stereocenters. The summed E-state index contributed by atoms with van der Waals surface area (Å²) in [4.78, 5) is 0.133. The zero-order valence-electron chi connectivity index (χ0n) is 11.8. The number of methoxy groups -OCH3 is 2. The highest BCUT2D eigenvalue weighted by Gasteiger charge is 2.46. The lowest BCUT2D eigenvalue weighted by Crippen LogP contribution is -2.62. The van der Waals surface area contributed by atoms with Crippen LogP contribution in [0.2, 0.25) is 0 Å². The second-order valence-corrected chi connectivity index (χ2v) is 6.81. The third-order valence-corrected chi connectivity index (χ3v) is 5.38. The molecule has 7 heteroatoms. The third-order valence-electron chi connectivity index (χ3n) is 3.59. The molecule has 0 atom stereocenters. The molecule has 1 fully saturated rings. The molecule has 0 aliphatic carbocycles. The summed E-state index contributed by atoms with van der Waals surface area (Å²) in [6.45, 7) is 2.08. The van der Waals surface area contributed by atoms with Gasteiger partial charge >= 0.3 is 0 Å². The molecule has 0 saturated carbocycles. The van der Waals surface area contributed by atoms with Crippen molar-refractivity contribution in [2.75, 3.05) is 27.3 Å². The predicted molar refractivity (Wildman–Crippen MR) is 73.5 cm³/mol. The van der Waals surface area contributed by atoms with E-state index < -0.39 is 15.6 Å². The van der Waals surface area contributed by atoms with Crippen LogP contribution in [0.4, 0.5) is 0 Å². The van der Waals surface area contributed by atoms with Crippen molar-refractivity contribution < 1.29 is 23.0 Å². The lowest BCUT2D eigenvalue weighted by atomic mass is 9.94. The topological polar surface area (TPSA) is 76.1 Å². The van der Waals surface area contributed by atoms with E-state index in [1.165, 1.54) is 30.7 Å². The molecule has 1 aromatic carbocycles. The van der Waals surface area contributed by atoms with Gasteiger partial charge in [-0.15, -0.1) is 0 Å². The number of sulfonamides is 1. The molecule has 1 aliphatic rings. The third kappa shape index (κ3) is 2.48. The molecule has 0 aromatic heterocycles. The SMILES string of the molecule is CCC1(O)CN(S(=O)(=O)c2ccc(OC)c(OC)c2)C1. The fourth-order valence-corrected chi connectivity index (χ4v) is 3.74. The van der Waals surface area contributed by atoms with Gasteiger partial charge in [0.1, 0.15) is 0 Å². The fourth-order valence-electron chi connectivity index (χ4n) is 2.13. The molecular formula is C13H19NO5S. The van der Waals surface area contributed by atoms with E-state index in [1.807, 2.05) is 6.92 Å². The molecular weight excluding hydrogens is 282 g/mol. The van der Waals surface area contributed by atoms with Gasteiger partial charge in [0.05, 0.1) is 24.7 Å². The van der Waals surface area contributed by atoms with Crippen molar-refractivity contribution in [1.82, 2.24) is 4.31 Å². The van der Waals surface area contributed by atoms with E-state index in [0.717, 1.165) is 0 Å². The summed E-state index contributed by atoms with van der Waals surface area (Å²) < 4.78 is 36.3. The summed E-state index contributed by atoms with van der Waals surface area (Å²) in [6.07, 6.45) is 0.533. The molecule has 112 valence electrons. The minimum atomic E-state index is -3.60. The second kappa shape index (κ2) is 5.23. The normalized spacial score (nSPS) is 18.4. The molecule has 1 heterocycles. The lowest BCUT2D eigenvalue weighted by molar-refractivity contribution is -0.0613. The Bertz CT molecular complexity index is 593. The first-order valence-electron chi connectivity index (χ1n) is 6.31. The minimum Gasteiger partial charge on any atom is -0.493 e. The van der Waals surface area contributed by atoms with Gasteiger partial charge in [0, 0.05) is 19.2 Å². The van der Waals surface area contributed by atoms with Crippen LogP contribution in [-0.4, -0.2) is 50.7 Å². The number of nitrogens with zero attached hydrogens (tertiary/aromatic N) is 1. The largest absolute Gasteiger partial charge is 0.493 e. The molecule has 20 heavy (non-hydrogen) atoms. The molecule has 0 bridgehead atoms. The van der Waals surface area contributed by atoms with Crippen molar-refractivity contribution in [2.24, 2.45) is 0 Å². The Morgan fingerprint density at radius 3 is 2.35 bits per heavy atom. The summed E-state index contributed by atoms with van der Waals surface area (Å²) in [7, 11) is -0.662. The van der Waals surface area contributed by atoms with Crippen LogP contribution in [0.1, 0.15) is 13.3 Å². The minimum absolute atomic E-state index is 0.125. The summed E-state index contributed by atoms with van der Waals surface area (Å²) in [5.74, 6) is 0.833. The van der Waals surface area contributed by atoms with Crippen molar-refractivity contribution in [3.63, 3.8) is 0 Å². The predicted octanol–water partition coefficient (Wildman–Crippen LogP) is 0.849. The first-order chi connectivity index (χ1) is 9.36. The van der Waals surface area contributed by atoms with Crippen LogP contribution in [0.3, 0.4) is 0 Å². The van der Waals surface area contributed by atoms with Crippen LogP contribution in [0, 0.1) is 0 Å². The van der Waals surface area contributed by atoms with Gasteiger partial charge in [-0.2, -0.15) is 4.31 Å². The number of hydrogen-bond donors (Lipinski definition) is 1. The van der Waals surface area contributed by atoms with Gasteiger partial charge in [-0.3, -0.25) is 0 Å². The molecule has 1 aromatic rings. The van der Waals surface area contributed by atoms with E-state index in [-0.39, 0.29) is 18.0 Å². The van der Waals surface area contributed by atoms with Gasteiger partial charge in [0.15, 0.2) is 11.5 Å². The maximum atomic E-state index is 12.4. The van der Waals surface area contributed by atoms with Gasteiger partial charge in [-0.05, 0) is 18.6 Å². The highest BCUT2D eigenvalue weighted by molar-refractivity contribution is 7.89. The molecule has 1 saturated heterocycles. The monoisotopic (exact) mass is 301 g/mol. The quantitative estimate of drug-likeness (QED) is 0.872. The van der Waals surface area contributed by atoms with Crippen molar-refractivity contribution >= 4 is 10.0 Å². The first-order valence-corrected chi connectivity index (χ1v) is 7.75. The second-order valence-electron chi connectivity index (χ2n) is 4.87. The highest BCUT2D eigenvalue weighted by Crippen LogP contribution is 2.34. The fraction of sp³-hybridized carbons (Fsp3) is 0.538. The Morgan fingerprint density at radius 1 is 1.25 bits per heavy atom. The van der Waals surface area contributed by atoms with Crippen LogP contribution in [-0.2, 0) is 10.0 Å². The maximum Gasteiger partial charge on any atom is 0.243 e. The Kier molecular flexibility index (Phi) is 3.95. The number of aliphatic hydroxyl groups is 1. The van der Waals surface area contributed by atoms with E-state index in [9.17, 15) is 13.5 Å². The number of rotatable bonds is 5. The molecule has 0 spiro atoms. The number of β-amino-alcohol motifs (C(OH)–C–C–N with tert-alkyl or cyclic N) is 1. The lowest BCUT2D eigenvalue weighted by Gasteiger charge is -2.44. The Labute approximate surface area is 119 Å². The zero-order valence-corrected chi connectivity index (χ0v) is 12.6. The average molecular weight is 301 g/mol. The molecule has 0 amide bonds. The smallest absolute Gasteiger partial charge is 0.243 e. The van der Waals surface area contributed by atoms with E-state index >= 15 is 0 Å².